The number of aromatic nitrogens is 2. The molecule has 1 unspecified atom stereocenters. The first-order valence-corrected chi connectivity index (χ1v) is 9.60. The molecule has 0 aliphatic carbocycles. The molecule has 150 valence electrons. The predicted octanol–water partition coefficient (Wildman–Crippen LogP) is 4.29. The molecule has 3 rings (SSSR count). The van der Waals surface area contributed by atoms with E-state index in [4.69, 9.17) is 4.74 Å². The van der Waals surface area contributed by atoms with E-state index in [0.717, 1.165) is 16.9 Å². The van der Waals surface area contributed by atoms with Crippen LogP contribution in [0, 0.1) is 5.92 Å². The van der Waals surface area contributed by atoms with Crippen LogP contribution in [-0.2, 0) is 11.2 Å². The Kier molecular flexibility index (Phi) is 6.79. The highest BCUT2D eigenvalue weighted by molar-refractivity contribution is 5.77. The van der Waals surface area contributed by atoms with Gasteiger partial charge in [0.15, 0.2) is 0 Å². The maximum absolute atomic E-state index is 11.7. The van der Waals surface area contributed by atoms with Gasteiger partial charge in [-0.25, -0.2) is 14.8 Å². The highest BCUT2D eigenvalue weighted by atomic mass is 16.5. The third kappa shape index (κ3) is 6.04. The second-order valence-corrected chi connectivity index (χ2v) is 7.24. The van der Waals surface area contributed by atoms with Gasteiger partial charge in [0, 0.05) is 18.1 Å². The third-order valence-electron chi connectivity index (χ3n) is 4.30. The molecule has 1 heterocycles. The number of anilines is 1. The van der Waals surface area contributed by atoms with E-state index in [1.807, 2.05) is 54.6 Å². The maximum Gasteiger partial charge on any atom is 0.326 e. The monoisotopic (exact) mass is 391 g/mol. The number of hydrogen-bond donors (Lipinski definition) is 2. The van der Waals surface area contributed by atoms with Crippen molar-refractivity contribution in [2.45, 2.75) is 26.3 Å². The van der Waals surface area contributed by atoms with Crippen LogP contribution in [0.2, 0.25) is 0 Å². The number of nitrogens with zero attached hydrogens (tertiary/aromatic N) is 2. The van der Waals surface area contributed by atoms with Crippen molar-refractivity contribution in [2.24, 2.45) is 5.92 Å². The minimum Gasteiger partial charge on any atom is -0.493 e. The summed E-state index contributed by atoms with van der Waals surface area (Å²) in [7, 11) is 0. The Morgan fingerprint density at radius 2 is 1.79 bits per heavy atom. The average Bonchev–Trinajstić information content (AvgIpc) is 2.73. The van der Waals surface area contributed by atoms with Crippen molar-refractivity contribution in [3.8, 4) is 17.0 Å². The number of ether oxygens (including phenoxy) is 1. The SMILES string of the molecule is CC(C)COc1ccc(-c2cc(NC(Cc3ccccc3)C(=O)O)ncn2)cc1. The van der Waals surface area contributed by atoms with Gasteiger partial charge in [0.1, 0.15) is 23.9 Å². The highest BCUT2D eigenvalue weighted by Crippen LogP contribution is 2.23. The highest BCUT2D eigenvalue weighted by Gasteiger charge is 2.18. The van der Waals surface area contributed by atoms with Crippen LogP contribution in [0.3, 0.4) is 0 Å². The Hall–Kier alpha value is -3.41. The van der Waals surface area contributed by atoms with Gasteiger partial charge in [-0.15, -0.1) is 0 Å². The number of carboxylic acids is 1. The van der Waals surface area contributed by atoms with Crippen LogP contribution in [0.25, 0.3) is 11.3 Å². The first kappa shape index (κ1) is 20.3. The molecule has 3 aromatic rings. The first-order valence-electron chi connectivity index (χ1n) is 9.60. The lowest BCUT2D eigenvalue weighted by Gasteiger charge is -2.15. The summed E-state index contributed by atoms with van der Waals surface area (Å²) >= 11 is 0. The van der Waals surface area contributed by atoms with E-state index < -0.39 is 12.0 Å². The number of nitrogens with one attached hydrogen (secondary N) is 1. The van der Waals surface area contributed by atoms with Crippen molar-refractivity contribution >= 4 is 11.8 Å². The minimum atomic E-state index is -0.930. The summed E-state index contributed by atoms with van der Waals surface area (Å²) in [5.41, 5.74) is 2.56. The smallest absolute Gasteiger partial charge is 0.326 e. The molecule has 0 aliphatic rings. The van der Waals surface area contributed by atoms with Crippen molar-refractivity contribution < 1.29 is 14.6 Å². The summed E-state index contributed by atoms with van der Waals surface area (Å²) in [5.74, 6) is 0.811. The van der Waals surface area contributed by atoms with Gasteiger partial charge in [-0.1, -0.05) is 44.2 Å². The summed E-state index contributed by atoms with van der Waals surface area (Å²) in [5, 5.41) is 12.6. The molecule has 0 fully saturated rings. The molecule has 0 amide bonds. The van der Waals surface area contributed by atoms with Crippen LogP contribution < -0.4 is 10.1 Å². The van der Waals surface area contributed by atoms with Crippen LogP contribution in [-0.4, -0.2) is 33.7 Å². The standard InChI is InChI=1S/C23H25N3O3/c1-16(2)14-29-19-10-8-18(9-11-19)20-13-22(25-15-24-20)26-21(23(27)28)12-17-6-4-3-5-7-17/h3-11,13,15-16,21H,12,14H2,1-2H3,(H,27,28)(H,24,25,26). The van der Waals surface area contributed by atoms with Gasteiger partial charge in [-0.2, -0.15) is 0 Å². The quantitative estimate of drug-likeness (QED) is 0.566. The number of carboxylic acid groups (broad SMARTS) is 1. The van der Waals surface area contributed by atoms with Gasteiger partial charge in [-0.05, 0) is 35.7 Å². The summed E-state index contributed by atoms with van der Waals surface area (Å²) in [6.45, 7) is 4.87. The minimum absolute atomic E-state index is 0.359. The van der Waals surface area contributed by atoms with Gasteiger partial charge in [0.25, 0.3) is 0 Å². The van der Waals surface area contributed by atoms with E-state index in [0.29, 0.717) is 30.5 Å². The van der Waals surface area contributed by atoms with Crippen molar-refractivity contribution in [3.05, 3.63) is 72.6 Å². The molecular formula is C23H25N3O3. The fourth-order valence-corrected chi connectivity index (χ4v) is 2.81. The molecule has 1 aromatic heterocycles. The van der Waals surface area contributed by atoms with Crippen LogP contribution >= 0.6 is 0 Å². The van der Waals surface area contributed by atoms with Crippen LogP contribution in [0.5, 0.6) is 5.75 Å². The largest absolute Gasteiger partial charge is 0.493 e. The van der Waals surface area contributed by atoms with Gasteiger partial charge in [0.05, 0.1) is 12.3 Å². The van der Waals surface area contributed by atoms with E-state index in [2.05, 4.69) is 29.1 Å². The zero-order valence-electron chi connectivity index (χ0n) is 16.6. The fourth-order valence-electron chi connectivity index (χ4n) is 2.81. The molecule has 0 radical (unpaired) electrons. The molecule has 6 heteroatoms. The summed E-state index contributed by atoms with van der Waals surface area (Å²) in [4.78, 5) is 20.2. The molecule has 6 nitrogen and oxygen atoms in total. The molecule has 0 saturated heterocycles. The van der Waals surface area contributed by atoms with E-state index >= 15 is 0 Å². The van der Waals surface area contributed by atoms with E-state index in [1.54, 1.807) is 6.07 Å². The molecule has 1 atom stereocenters. The van der Waals surface area contributed by atoms with Crippen LogP contribution in [0.4, 0.5) is 5.82 Å². The Morgan fingerprint density at radius 1 is 1.07 bits per heavy atom. The Balaban J connectivity index is 1.72. The summed E-state index contributed by atoms with van der Waals surface area (Å²) in [6.07, 6.45) is 1.79. The van der Waals surface area contributed by atoms with Crippen molar-refractivity contribution in [1.82, 2.24) is 9.97 Å². The molecule has 2 aromatic carbocycles. The fraction of sp³-hybridized carbons (Fsp3) is 0.261. The normalized spacial score (nSPS) is 11.8. The Bertz CT molecular complexity index is 928. The molecular weight excluding hydrogens is 366 g/mol. The van der Waals surface area contributed by atoms with Crippen molar-refractivity contribution in [2.75, 3.05) is 11.9 Å². The maximum atomic E-state index is 11.7. The van der Waals surface area contributed by atoms with Gasteiger partial charge in [-0.3, -0.25) is 0 Å². The second kappa shape index (κ2) is 9.68. The van der Waals surface area contributed by atoms with Crippen LogP contribution in [0.15, 0.2) is 67.0 Å². The number of benzene rings is 2. The summed E-state index contributed by atoms with van der Waals surface area (Å²) < 4.78 is 5.71. The van der Waals surface area contributed by atoms with Gasteiger partial charge in [0.2, 0.25) is 0 Å². The average molecular weight is 391 g/mol. The zero-order valence-corrected chi connectivity index (χ0v) is 16.6. The molecule has 0 saturated carbocycles. The molecule has 2 N–H and O–H groups in total. The first-order chi connectivity index (χ1) is 14.0. The van der Waals surface area contributed by atoms with E-state index in [1.165, 1.54) is 6.33 Å². The lowest BCUT2D eigenvalue weighted by Crippen LogP contribution is -2.31. The molecule has 0 spiro atoms. The number of carbonyl (C=O) groups is 1. The Morgan fingerprint density at radius 3 is 2.45 bits per heavy atom. The van der Waals surface area contributed by atoms with Crippen molar-refractivity contribution in [3.63, 3.8) is 0 Å². The van der Waals surface area contributed by atoms with Crippen LogP contribution in [0.1, 0.15) is 19.4 Å². The number of rotatable bonds is 9. The van der Waals surface area contributed by atoms with E-state index in [9.17, 15) is 9.90 Å². The van der Waals surface area contributed by atoms with Gasteiger partial charge >= 0.3 is 5.97 Å². The third-order valence-corrected chi connectivity index (χ3v) is 4.30. The Labute approximate surface area is 170 Å². The second-order valence-electron chi connectivity index (χ2n) is 7.24. The van der Waals surface area contributed by atoms with E-state index in [-0.39, 0.29) is 0 Å². The number of hydrogen-bond acceptors (Lipinski definition) is 5. The number of aliphatic carboxylic acids is 1. The predicted molar refractivity (Wildman–Crippen MR) is 113 cm³/mol. The lowest BCUT2D eigenvalue weighted by molar-refractivity contribution is -0.137. The molecule has 0 aliphatic heterocycles. The lowest BCUT2D eigenvalue weighted by atomic mass is 10.1. The zero-order chi connectivity index (χ0) is 20.6. The summed E-state index contributed by atoms with van der Waals surface area (Å²) in [6, 6.07) is 18.2. The topological polar surface area (TPSA) is 84.3 Å². The van der Waals surface area contributed by atoms with Gasteiger partial charge < -0.3 is 15.2 Å². The molecule has 29 heavy (non-hydrogen) atoms. The molecule has 0 bridgehead atoms. The van der Waals surface area contributed by atoms with Crippen molar-refractivity contribution in [1.29, 1.82) is 0 Å².